The highest BCUT2D eigenvalue weighted by atomic mass is 35.5. The third-order valence-electron chi connectivity index (χ3n) is 3.27. The van der Waals surface area contributed by atoms with E-state index >= 15 is 0 Å². The third-order valence-corrected chi connectivity index (χ3v) is 3.51. The summed E-state index contributed by atoms with van der Waals surface area (Å²) in [5, 5.41) is 0.502. The van der Waals surface area contributed by atoms with Crippen LogP contribution in [-0.2, 0) is 6.54 Å². The van der Waals surface area contributed by atoms with Gasteiger partial charge < -0.3 is 10.2 Å². The number of likely N-dealkylation sites (N-methyl/N-ethyl adjacent to an activating group) is 1. The lowest BCUT2D eigenvalue weighted by atomic mass is 10.0. The van der Waals surface area contributed by atoms with Gasteiger partial charge in [-0.15, -0.1) is 0 Å². The highest BCUT2D eigenvalue weighted by Gasteiger charge is 2.20. The van der Waals surface area contributed by atoms with Crippen LogP contribution in [0.5, 0.6) is 0 Å². The van der Waals surface area contributed by atoms with Crippen LogP contribution >= 0.6 is 11.6 Å². The topological polar surface area (TPSA) is 42.4 Å². The fraction of sp³-hybridized carbons (Fsp3) is 0.333. The Bertz CT molecular complexity index is 585. The summed E-state index contributed by atoms with van der Waals surface area (Å²) in [4.78, 5) is 1.95. The SMILES string of the molecule is Cc1ccc(CN(C)C(CN)c2cc(Cl)ccc2F)o1. The number of halogens is 2. The lowest BCUT2D eigenvalue weighted by Crippen LogP contribution is -2.30. The molecule has 1 unspecified atom stereocenters. The Morgan fingerprint density at radius 3 is 2.70 bits per heavy atom. The first kappa shape index (κ1) is 15.0. The molecular formula is C15H18ClFN2O. The molecule has 0 spiro atoms. The van der Waals surface area contributed by atoms with Crippen LogP contribution in [-0.4, -0.2) is 18.5 Å². The van der Waals surface area contributed by atoms with Gasteiger partial charge in [-0.25, -0.2) is 4.39 Å². The van der Waals surface area contributed by atoms with E-state index in [4.69, 9.17) is 21.8 Å². The zero-order valence-electron chi connectivity index (χ0n) is 11.6. The Morgan fingerprint density at radius 2 is 2.10 bits per heavy atom. The number of hydrogen-bond donors (Lipinski definition) is 1. The smallest absolute Gasteiger partial charge is 0.128 e. The molecule has 1 aromatic heterocycles. The number of hydrogen-bond acceptors (Lipinski definition) is 3. The minimum atomic E-state index is -0.299. The highest BCUT2D eigenvalue weighted by Crippen LogP contribution is 2.26. The summed E-state index contributed by atoms with van der Waals surface area (Å²) in [5.41, 5.74) is 6.31. The van der Waals surface area contributed by atoms with Crippen LogP contribution in [0.15, 0.2) is 34.7 Å². The Hall–Kier alpha value is -1.36. The summed E-state index contributed by atoms with van der Waals surface area (Å²) in [6, 6.07) is 8.08. The summed E-state index contributed by atoms with van der Waals surface area (Å²) >= 11 is 5.94. The van der Waals surface area contributed by atoms with Gasteiger partial charge in [-0.3, -0.25) is 4.90 Å². The van der Waals surface area contributed by atoms with Crippen molar-refractivity contribution < 1.29 is 8.81 Å². The zero-order valence-corrected chi connectivity index (χ0v) is 12.3. The molecule has 0 aliphatic heterocycles. The summed E-state index contributed by atoms with van der Waals surface area (Å²) in [6.45, 7) is 2.75. The van der Waals surface area contributed by atoms with Gasteiger partial charge in [0.2, 0.25) is 0 Å². The molecule has 2 N–H and O–H groups in total. The maximum atomic E-state index is 13.9. The Labute approximate surface area is 123 Å². The number of nitrogens with two attached hydrogens (primary N) is 1. The fourth-order valence-corrected chi connectivity index (χ4v) is 2.42. The number of benzene rings is 1. The number of aryl methyl sites for hydroxylation is 1. The van der Waals surface area contributed by atoms with Gasteiger partial charge in [-0.2, -0.15) is 0 Å². The van der Waals surface area contributed by atoms with E-state index in [9.17, 15) is 4.39 Å². The van der Waals surface area contributed by atoms with Crippen molar-refractivity contribution in [3.8, 4) is 0 Å². The third kappa shape index (κ3) is 3.39. The normalized spacial score (nSPS) is 12.9. The Balaban J connectivity index is 2.20. The molecule has 0 radical (unpaired) electrons. The van der Waals surface area contributed by atoms with Crippen molar-refractivity contribution in [3.05, 3.63) is 58.3 Å². The molecular weight excluding hydrogens is 279 g/mol. The van der Waals surface area contributed by atoms with E-state index < -0.39 is 0 Å². The molecule has 2 rings (SSSR count). The van der Waals surface area contributed by atoms with Crippen LogP contribution in [0, 0.1) is 12.7 Å². The summed E-state index contributed by atoms with van der Waals surface area (Å²) in [5.74, 6) is 1.38. The van der Waals surface area contributed by atoms with Crippen molar-refractivity contribution in [2.45, 2.75) is 19.5 Å². The van der Waals surface area contributed by atoms with Gasteiger partial charge in [0, 0.05) is 17.1 Å². The molecule has 0 bridgehead atoms. The van der Waals surface area contributed by atoms with Gasteiger partial charge in [0.05, 0.1) is 12.6 Å². The van der Waals surface area contributed by atoms with Crippen molar-refractivity contribution >= 4 is 11.6 Å². The second kappa shape index (κ2) is 6.39. The van der Waals surface area contributed by atoms with Crippen molar-refractivity contribution in [1.29, 1.82) is 0 Å². The fourth-order valence-electron chi connectivity index (χ4n) is 2.24. The quantitative estimate of drug-likeness (QED) is 0.918. The standard InChI is InChI=1S/C15H18ClFN2O/c1-10-3-5-12(20-10)9-19(2)15(8-18)13-7-11(16)4-6-14(13)17/h3-7,15H,8-9,18H2,1-2H3. The number of rotatable bonds is 5. The molecule has 0 amide bonds. The van der Waals surface area contributed by atoms with E-state index in [2.05, 4.69) is 0 Å². The average Bonchev–Trinajstić information content (AvgIpc) is 2.80. The zero-order chi connectivity index (χ0) is 14.7. The summed E-state index contributed by atoms with van der Waals surface area (Å²) in [6.07, 6.45) is 0. The van der Waals surface area contributed by atoms with Gasteiger partial charge >= 0.3 is 0 Å². The molecule has 0 fully saturated rings. The maximum absolute atomic E-state index is 13.9. The first-order valence-electron chi connectivity index (χ1n) is 6.42. The van der Waals surface area contributed by atoms with Crippen LogP contribution < -0.4 is 5.73 Å². The van der Waals surface area contributed by atoms with Crippen molar-refractivity contribution in [3.63, 3.8) is 0 Å². The lowest BCUT2D eigenvalue weighted by molar-refractivity contribution is 0.217. The van der Waals surface area contributed by atoms with Crippen LogP contribution in [0.1, 0.15) is 23.1 Å². The number of nitrogens with zero attached hydrogens (tertiary/aromatic N) is 1. The van der Waals surface area contributed by atoms with Gasteiger partial charge in [-0.05, 0) is 44.3 Å². The van der Waals surface area contributed by atoms with Gasteiger partial charge in [0.25, 0.3) is 0 Å². The van der Waals surface area contributed by atoms with E-state index in [0.29, 0.717) is 23.7 Å². The highest BCUT2D eigenvalue weighted by molar-refractivity contribution is 6.30. The molecule has 3 nitrogen and oxygen atoms in total. The Kier molecular flexibility index (Phi) is 4.81. The van der Waals surface area contributed by atoms with E-state index in [1.54, 1.807) is 6.07 Å². The molecule has 0 aliphatic carbocycles. The maximum Gasteiger partial charge on any atom is 0.128 e. The first-order chi connectivity index (χ1) is 9.51. The molecule has 0 aliphatic rings. The second-order valence-corrected chi connectivity index (χ2v) is 5.28. The minimum absolute atomic E-state index is 0.251. The summed E-state index contributed by atoms with van der Waals surface area (Å²) < 4.78 is 19.5. The van der Waals surface area contributed by atoms with E-state index in [1.807, 2.05) is 31.0 Å². The van der Waals surface area contributed by atoms with Crippen LogP contribution in [0.3, 0.4) is 0 Å². The van der Waals surface area contributed by atoms with E-state index in [1.165, 1.54) is 12.1 Å². The minimum Gasteiger partial charge on any atom is -0.465 e. The van der Waals surface area contributed by atoms with Crippen molar-refractivity contribution in [2.24, 2.45) is 5.73 Å². The van der Waals surface area contributed by atoms with Crippen molar-refractivity contribution in [2.75, 3.05) is 13.6 Å². The van der Waals surface area contributed by atoms with Crippen molar-refractivity contribution in [1.82, 2.24) is 4.90 Å². The molecule has 0 saturated carbocycles. The molecule has 5 heteroatoms. The molecule has 0 saturated heterocycles. The molecule has 1 heterocycles. The molecule has 2 aromatic rings. The predicted molar refractivity (Wildman–Crippen MR) is 78.1 cm³/mol. The molecule has 20 heavy (non-hydrogen) atoms. The number of furan rings is 1. The second-order valence-electron chi connectivity index (χ2n) is 4.84. The van der Waals surface area contributed by atoms with Gasteiger partial charge in [0.1, 0.15) is 17.3 Å². The summed E-state index contributed by atoms with van der Waals surface area (Å²) in [7, 11) is 1.88. The monoisotopic (exact) mass is 296 g/mol. The van der Waals surface area contributed by atoms with E-state index in [0.717, 1.165) is 11.5 Å². The van der Waals surface area contributed by atoms with Crippen LogP contribution in [0.4, 0.5) is 4.39 Å². The average molecular weight is 297 g/mol. The van der Waals surface area contributed by atoms with E-state index in [-0.39, 0.29) is 11.9 Å². The lowest BCUT2D eigenvalue weighted by Gasteiger charge is -2.27. The van der Waals surface area contributed by atoms with Crippen LogP contribution in [0.25, 0.3) is 0 Å². The Morgan fingerprint density at radius 1 is 1.35 bits per heavy atom. The van der Waals surface area contributed by atoms with Gasteiger partial charge in [0.15, 0.2) is 0 Å². The largest absolute Gasteiger partial charge is 0.465 e. The van der Waals surface area contributed by atoms with Crippen LogP contribution in [0.2, 0.25) is 5.02 Å². The first-order valence-corrected chi connectivity index (χ1v) is 6.79. The molecule has 108 valence electrons. The molecule has 1 aromatic carbocycles. The molecule has 1 atom stereocenters. The predicted octanol–water partition coefficient (Wildman–Crippen LogP) is 3.51. The van der Waals surface area contributed by atoms with Gasteiger partial charge in [-0.1, -0.05) is 11.6 Å².